The second kappa shape index (κ2) is 4.66. The summed E-state index contributed by atoms with van der Waals surface area (Å²) in [5.41, 5.74) is 5.17. The third-order valence-electron chi connectivity index (χ3n) is 1.10. The normalized spacial score (nSPS) is 14.8. The number of nitrogens with one attached hydrogen (secondary N) is 1. The fourth-order valence-electron chi connectivity index (χ4n) is 0.705. The lowest BCUT2D eigenvalue weighted by Crippen LogP contribution is -2.36. The van der Waals surface area contributed by atoms with Crippen molar-refractivity contribution in [3.63, 3.8) is 0 Å². The molecule has 0 aromatic rings. The smallest absolute Gasteiger partial charge is 0.266 e. The van der Waals surface area contributed by atoms with Crippen molar-refractivity contribution >= 4 is 10.1 Å². The predicted octanol–water partition coefficient (Wildman–Crippen LogP) is -1.19. The summed E-state index contributed by atoms with van der Waals surface area (Å²) in [6.45, 7) is 2.68. The highest BCUT2D eigenvalue weighted by Crippen LogP contribution is 1.88. The zero-order chi connectivity index (χ0) is 8.91. The lowest BCUT2D eigenvalue weighted by atomic mass is 10.4. The fraction of sp³-hybridized carbons (Fsp3) is 1.00. The van der Waals surface area contributed by atoms with E-state index in [0.717, 1.165) is 0 Å². The van der Waals surface area contributed by atoms with Crippen LogP contribution in [0.4, 0.5) is 0 Å². The predicted molar refractivity (Wildman–Crippen MR) is 42.9 cm³/mol. The second-order valence-corrected chi connectivity index (χ2v) is 3.89. The van der Waals surface area contributed by atoms with Crippen LogP contribution in [0.5, 0.6) is 0 Å². The molecular formula is C5H14N2O3S. The van der Waals surface area contributed by atoms with Crippen molar-refractivity contribution < 1.29 is 13.0 Å². The summed E-state index contributed by atoms with van der Waals surface area (Å²) in [5.74, 6) is -0.271. The van der Waals surface area contributed by atoms with E-state index in [1.54, 1.807) is 6.92 Å². The summed E-state index contributed by atoms with van der Waals surface area (Å²) in [6, 6.07) is -0.256. The maximum atomic E-state index is 10.3. The summed E-state index contributed by atoms with van der Waals surface area (Å²) in [6.07, 6.45) is 0. The van der Waals surface area contributed by atoms with Gasteiger partial charge in [0, 0.05) is 19.1 Å². The first-order valence-corrected chi connectivity index (χ1v) is 4.95. The average molecular weight is 182 g/mol. The Morgan fingerprint density at radius 1 is 1.64 bits per heavy atom. The van der Waals surface area contributed by atoms with Crippen LogP contribution in [0.1, 0.15) is 6.92 Å². The van der Waals surface area contributed by atoms with Crippen molar-refractivity contribution in [2.75, 3.05) is 18.8 Å². The molecule has 0 aliphatic heterocycles. The summed E-state index contributed by atoms with van der Waals surface area (Å²) >= 11 is 0. The van der Waals surface area contributed by atoms with Gasteiger partial charge in [-0.2, -0.15) is 8.42 Å². The first-order valence-electron chi connectivity index (χ1n) is 3.34. The maximum absolute atomic E-state index is 10.3. The van der Waals surface area contributed by atoms with Gasteiger partial charge in [-0.3, -0.25) is 4.55 Å². The lowest BCUT2D eigenvalue weighted by molar-refractivity contribution is 0.470. The van der Waals surface area contributed by atoms with E-state index in [1.165, 1.54) is 0 Å². The van der Waals surface area contributed by atoms with Gasteiger partial charge in [0.2, 0.25) is 0 Å². The van der Waals surface area contributed by atoms with Crippen molar-refractivity contribution in [3.8, 4) is 0 Å². The van der Waals surface area contributed by atoms with Gasteiger partial charge in [-0.1, -0.05) is 0 Å². The van der Waals surface area contributed by atoms with Crippen LogP contribution in [0, 0.1) is 0 Å². The molecule has 5 nitrogen and oxygen atoms in total. The van der Waals surface area contributed by atoms with Gasteiger partial charge in [0.25, 0.3) is 10.1 Å². The Kier molecular flexibility index (Phi) is 4.58. The van der Waals surface area contributed by atoms with Crippen molar-refractivity contribution in [1.82, 2.24) is 5.32 Å². The van der Waals surface area contributed by atoms with Gasteiger partial charge in [0.05, 0.1) is 5.75 Å². The number of hydrogen-bond donors (Lipinski definition) is 3. The molecule has 0 spiro atoms. The minimum Gasteiger partial charge on any atom is -0.329 e. The van der Waals surface area contributed by atoms with Gasteiger partial charge in [-0.25, -0.2) is 0 Å². The Morgan fingerprint density at radius 3 is 2.55 bits per heavy atom. The van der Waals surface area contributed by atoms with Crippen LogP contribution in [-0.2, 0) is 10.1 Å². The quantitative estimate of drug-likeness (QED) is 0.465. The Balaban J connectivity index is 3.61. The standard InChI is InChI=1S/C5H14N2O3S/c1-5(7-3-2-6)4-11(8,9)10/h5,7H,2-4,6H2,1H3,(H,8,9,10). The Hall–Kier alpha value is -0.170. The van der Waals surface area contributed by atoms with Crippen molar-refractivity contribution in [1.29, 1.82) is 0 Å². The molecule has 0 rings (SSSR count). The summed E-state index contributed by atoms with van der Waals surface area (Å²) < 4.78 is 29.0. The molecule has 0 heterocycles. The van der Waals surface area contributed by atoms with Gasteiger partial charge in [-0.15, -0.1) is 0 Å². The third-order valence-corrected chi connectivity index (χ3v) is 2.02. The molecule has 0 aromatic carbocycles. The average Bonchev–Trinajstić information content (AvgIpc) is 1.79. The summed E-state index contributed by atoms with van der Waals surface area (Å²) in [7, 11) is -3.86. The zero-order valence-corrected chi connectivity index (χ0v) is 7.26. The highest BCUT2D eigenvalue weighted by molar-refractivity contribution is 7.85. The molecule has 11 heavy (non-hydrogen) atoms. The van der Waals surface area contributed by atoms with Crippen LogP contribution in [0.3, 0.4) is 0 Å². The van der Waals surface area contributed by atoms with Crippen LogP contribution in [-0.4, -0.2) is 37.9 Å². The molecule has 6 heteroatoms. The Morgan fingerprint density at radius 2 is 2.18 bits per heavy atom. The van der Waals surface area contributed by atoms with Gasteiger partial charge >= 0.3 is 0 Å². The van der Waals surface area contributed by atoms with E-state index in [4.69, 9.17) is 10.3 Å². The van der Waals surface area contributed by atoms with Gasteiger partial charge in [0.1, 0.15) is 0 Å². The van der Waals surface area contributed by atoms with E-state index in [2.05, 4.69) is 5.32 Å². The molecule has 0 bridgehead atoms. The first-order chi connectivity index (χ1) is 4.95. The molecule has 0 saturated heterocycles. The second-order valence-electron chi connectivity index (χ2n) is 2.39. The summed E-state index contributed by atoms with van der Waals surface area (Å²) in [4.78, 5) is 0. The van der Waals surface area contributed by atoms with Gasteiger partial charge in [0.15, 0.2) is 0 Å². The van der Waals surface area contributed by atoms with Crippen LogP contribution in [0.25, 0.3) is 0 Å². The maximum Gasteiger partial charge on any atom is 0.266 e. The van der Waals surface area contributed by atoms with Crippen molar-refractivity contribution in [2.45, 2.75) is 13.0 Å². The largest absolute Gasteiger partial charge is 0.329 e. The van der Waals surface area contributed by atoms with Crippen LogP contribution >= 0.6 is 0 Å². The van der Waals surface area contributed by atoms with E-state index in [9.17, 15) is 8.42 Å². The van der Waals surface area contributed by atoms with E-state index in [0.29, 0.717) is 13.1 Å². The Bertz CT molecular complexity index is 190. The van der Waals surface area contributed by atoms with Crippen LogP contribution in [0.15, 0.2) is 0 Å². The van der Waals surface area contributed by atoms with E-state index < -0.39 is 10.1 Å². The van der Waals surface area contributed by atoms with E-state index in [1.807, 2.05) is 0 Å². The molecule has 1 unspecified atom stereocenters. The lowest BCUT2D eigenvalue weighted by Gasteiger charge is -2.09. The molecule has 0 aliphatic rings. The number of nitrogens with two attached hydrogens (primary N) is 1. The Labute approximate surface area is 66.7 Å². The molecule has 68 valence electrons. The topological polar surface area (TPSA) is 92.4 Å². The zero-order valence-electron chi connectivity index (χ0n) is 6.45. The van der Waals surface area contributed by atoms with E-state index >= 15 is 0 Å². The fourth-order valence-corrected chi connectivity index (χ4v) is 1.45. The molecular weight excluding hydrogens is 168 g/mol. The third kappa shape index (κ3) is 7.73. The molecule has 0 fully saturated rings. The SMILES string of the molecule is CC(CS(=O)(=O)O)NCCN. The molecule has 0 amide bonds. The van der Waals surface area contributed by atoms with Crippen LogP contribution < -0.4 is 11.1 Å². The molecule has 4 N–H and O–H groups in total. The van der Waals surface area contributed by atoms with Crippen molar-refractivity contribution in [3.05, 3.63) is 0 Å². The molecule has 0 saturated carbocycles. The van der Waals surface area contributed by atoms with E-state index in [-0.39, 0.29) is 11.8 Å². The molecule has 1 atom stereocenters. The highest BCUT2D eigenvalue weighted by Gasteiger charge is 2.10. The van der Waals surface area contributed by atoms with Crippen LogP contribution in [0.2, 0.25) is 0 Å². The van der Waals surface area contributed by atoms with Gasteiger partial charge < -0.3 is 11.1 Å². The van der Waals surface area contributed by atoms with Gasteiger partial charge in [-0.05, 0) is 6.92 Å². The van der Waals surface area contributed by atoms with Crippen molar-refractivity contribution in [2.24, 2.45) is 5.73 Å². The molecule has 0 aliphatic carbocycles. The summed E-state index contributed by atoms with van der Waals surface area (Å²) in [5, 5.41) is 2.82. The molecule has 0 radical (unpaired) electrons. The minimum atomic E-state index is -3.86. The number of rotatable bonds is 5. The molecule has 0 aromatic heterocycles. The number of hydrogen-bond acceptors (Lipinski definition) is 4. The monoisotopic (exact) mass is 182 g/mol. The first kappa shape index (κ1) is 10.8. The minimum absolute atomic E-state index is 0.256. The highest BCUT2D eigenvalue weighted by atomic mass is 32.2.